The summed E-state index contributed by atoms with van der Waals surface area (Å²) in [7, 11) is -3.67. The summed E-state index contributed by atoms with van der Waals surface area (Å²) in [4.78, 5) is 10.6. The predicted octanol–water partition coefficient (Wildman–Crippen LogP) is -0.467. The molecule has 1 saturated carbocycles. The molecule has 1 rings (SSSR count). The smallest absolute Gasteiger partial charge is 0.269 e. The fraction of sp³-hybridized carbons (Fsp3) is 0.571. The van der Waals surface area contributed by atoms with Gasteiger partial charge in [-0.3, -0.25) is 4.79 Å². The molecule has 0 spiro atoms. The number of hydrogen-bond acceptors (Lipinski definition) is 3. The quantitative estimate of drug-likeness (QED) is 0.595. The van der Waals surface area contributed by atoms with Crippen molar-refractivity contribution in [2.24, 2.45) is 5.92 Å². The van der Waals surface area contributed by atoms with Gasteiger partial charge >= 0.3 is 10.2 Å². The van der Waals surface area contributed by atoms with Crippen LogP contribution in [0.25, 0.3) is 0 Å². The van der Waals surface area contributed by atoms with Gasteiger partial charge in [0.05, 0.1) is 0 Å². The number of carbonyl (C=O) groups excluding carboxylic acids is 1. The Bertz CT molecular complexity index is 306. The summed E-state index contributed by atoms with van der Waals surface area (Å²) in [5.41, 5.74) is 0. The minimum absolute atomic E-state index is 0.403. The van der Waals surface area contributed by atoms with Crippen molar-refractivity contribution in [3.63, 3.8) is 0 Å². The van der Waals surface area contributed by atoms with E-state index in [1.54, 1.807) is 4.72 Å². The Kier molecular flexibility index (Phi) is 3.05. The molecule has 1 aliphatic rings. The molecule has 0 aromatic heterocycles. The van der Waals surface area contributed by atoms with Gasteiger partial charge in [0.1, 0.15) is 0 Å². The summed E-state index contributed by atoms with van der Waals surface area (Å²) >= 11 is 0. The highest BCUT2D eigenvalue weighted by Gasteiger charge is 2.23. The highest BCUT2D eigenvalue weighted by molar-refractivity contribution is 7.88. The van der Waals surface area contributed by atoms with E-state index in [0.717, 1.165) is 18.9 Å². The molecule has 0 aromatic rings. The van der Waals surface area contributed by atoms with Gasteiger partial charge in [-0.25, -0.2) is 4.72 Å². The highest BCUT2D eigenvalue weighted by atomic mass is 32.2. The molecule has 6 heteroatoms. The average Bonchev–Trinajstić information content (AvgIpc) is 2.83. The fourth-order valence-electron chi connectivity index (χ4n) is 0.760. The summed E-state index contributed by atoms with van der Waals surface area (Å²) < 4.78 is 26.2. The van der Waals surface area contributed by atoms with Crippen molar-refractivity contribution in [2.45, 2.75) is 12.8 Å². The maximum absolute atomic E-state index is 11.0. The van der Waals surface area contributed by atoms with E-state index in [1.165, 1.54) is 0 Å². The molecule has 1 aliphatic carbocycles. The largest absolute Gasteiger partial charge is 0.301 e. The average molecular weight is 204 g/mol. The van der Waals surface area contributed by atoms with Gasteiger partial charge < -0.3 is 0 Å². The first-order chi connectivity index (χ1) is 6.03. The lowest BCUT2D eigenvalue weighted by Crippen LogP contribution is -2.40. The molecule has 0 atom stereocenters. The molecule has 0 unspecified atom stereocenters. The van der Waals surface area contributed by atoms with Crippen LogP contribution in [0, 0.1) is 5.92 Å². The molecule has 0 heterocycles. The predicted molar refractivity (Wildman–Crippen MR) is 48.0 cm³/mol. The van der Waals surface area contributed by atoms with Crippen LogP contribution < -0.4 is 9.44 Å². The van der Waals surface area contributed by atoms with Crippen molar-refractivity contribution in [2.75, 3.05) is 6.54 Å². The molecule has 0 radical (unpaired) electrons. The lowest BCUT2D eigenvalue weighted by molar-refractivity contribution is -0.114. The van der Waals surface area contributed by atoms with E-state index < -0.39 is 16.1 Å². The maximum atomic E-state index is 11.0. The van der Waals surface area contributed by atoms with Gasteiger partial charge in [-0.1, -0.05) is 6.58 Å². The zero-order valence-electron chi connectivity index (χ0n) is 7.12. The molecule has 74 valence electrons. The van der Waals surface area contributed by atoms with Crippen LogP contribution >= 0.6 is 0 Å². The van der Waals surface area contributed by atoms with Crippen LogP contribution in [0.5, 0.6) is 0 Å². The molecular formula is C7H12N2O3S. The lowest BCUT2D eigenvalue weighted by Gasteiger charge is -2.04. The second kappa shape index (κ2) is 3.89. The van der Waals surface area contributed by atoms with Gasteiger partial charge in [0.2, 0.25) is 0 Å². The van der Waals surface area contributed by atoms with Crippen LogP contribution in [0.15, 0.2) is 12.7 Å². The first kappa shape index (κ1) is 10.2. The third-order valence-electron chi connectivity index (χ3n) is 1.68. The van der Waals surface area contributed by atoms with Gasteiger partial charge in [0.15, 0.2) is 0 Å². The summed E-state index contributed by atoms with van der Waals surface area (Å²) in [5.74, 6) is -0.279. The van der Waals surface area contributed by atoms with E-state index in [4.69, 9.17) is 0 Å². The van der Waals surface area contributed by atoms with Gasteiger partial charge in [-0.15, -0.1) is 0 Å². The minimum atomic E-state index is -3.67. The molecule has 1 fully saturated rings. The molecule has 1 amide bonds. The van der Waals surface area contributed by atoms with Crippen molar-refractivity contribution in [3.8, 4) is 0 Å². The van der Waals surface area contributed by atoms with Crippen molar-refractivity contribution in [3.05, 3.63) is 12.7 Å². The number of carbonyl (C=O) groups is 1. The van der Waals surface area contributed by atoms with Gasteiger partial charge in [0, 0.05) is 6.54 Å². The van der Waals surface area contributed by atoms with E-state index in [2.05, 4.69) is 11.3 Å². The number of hydrogen-bond donors (Lipinski definition) is 2. The summed E-state index contributed by atoms with van der Waals surface area (Å²) in [6.07, 6.45) is 3.02. The van der Waals surface area contributed by atoms with Crippen LogP contribution in [0.4, 0.5) is 0 Å². The topological polar surface area (TPSA) is 75.3 Å². The van der Waals surface area contributed by atoms with Crippen LogP contribution in [-0.4, -0.2) is 20.9 Å². The van der Waals surface area contributed by atoms with E-state index in [-0.39, 0.29) is 0 Å². The van der Waals surface area contributed by atoms with Crippen molar-refractivity contribution in [1.82, 2.24) is 9.44 Å². The standard InChI is InChI=1S/C7H12N2O3S/c1-2-7(10)9-13(11,12)8-5-6-3-4-6/h2,6,8H,1,3-5H2,(H,9,10). The van der Waals surface area contributed by atoms with Gasteiger partial charge in [0.25, 0.3) is 5.91 Å². The normalized spacial score (nSPS) is 16.6. The van der Waals surface area contributed by atoms with Crippen molar-refractivity contribution in [1.29, 1.82) is 0 Å². The summed E-state index contributed by atoms with van der Waals surface area (Å²) in [5, 5.41) is 0. The van der Waals surface area contributed by atoms with Gasteiger partial charge in [-0.2, -0.15) is 13.1 Å². The third kappa shape index (κ3) is 4.05. The first-order valence-corrected chi connectivity index (χ1v) is 5.45. The summed E-state index contributed by atoms with van der Waals surface area (Å²) in [6, 6.07) is 0. The Morgan fingerprint density at radius 3 is 2.62 bits per heavy atom. The molecule has 0 aliphatic heterocycles. The molecule has 0 aromatic carbocycles. The molecule has 13 heavy (non-hydrogen) atoms. The number of rotatable bonds is 5. The Morgan fingerprint density at radius 1 is 1.54 bits per heavy atom. The minimum Gasteiger partial charge on any atom is -0.269 e. The molecule has 0 bridgehead atoms. The number of amides is 1. The van der Waals surface area contributed by atoms with Gasteiger partial charge in [-0.05, 0) is 24.8 Å². The van der Waals surface area contributed by atoms with Crippen molar-refractivity contribution >= 4 is 16.1 Å². The van der Waals surface area contributed by atoms with E-state index in [0.29, 0.717) is 12.5 Å². The van der Waals surface area contributed by atoms with Crippen molar-refractivity contribution < 1.29 is 13.2 Å². The molecule has 5 nitrogen and oxygen atoms in total. The lowest BCUT2D eigenvalue weighted by atomic mass is 10.4. The maximum Gasteiger partial charge on any atom is 0.301 e. The second-order valence-corrected chi connectivity index (χ2v) is 4.47. The molecule has 2 N–H and O–H groups in total. The molecular weight excluding hydrogens is 192 g/mol. The zero-order valence-corrected chi connectivity index (χ0v) is 7.93. The van der Waals surface area contributed by atoms with Crippen LogP contribution in [-0.2, 0) is 15.0 Å². The Morgan fingerprint density at radius 2 is 2.15 bits per heavy atom. The van der Waals surface area contributed by atoms with Crippen LogP contribution in [0.2, 0.25) is 0 Å². The Balaban J connectivity index is 2.35. The third-order valence-corrected chi connectivity index (χ3v) is 2.70. The van der Waals surface area contributed by atoms with E-state index >= 15 is 0 Å². The van der Waals surface area contributed by atoms with E-state index in [9.17, 15) is 13.2 Å². The zero-order chi connectivity index (χ0) is 9.90. The molecule has 0 saturated heterocycles. The van der Waals surface area contributed by atoms with Crippen LogP contribution in [0.1, 0.15) is 12.8 Å². The Hall–Kier alpha value is -0.880. The highest BCUT2D eigenvalue weighted by Crippen LogP contribution is 2.27. The Labute approximate surface area is 77.4 Å². The fourth-order valence-corrected chi connectivity index (χ4v) is 1.64. The summed E-state index contributed by atoms with van der Waals surface area (Å²) in [6.45, 7) is 3.55. The monoisotopic (exact) mass is 204 g/mol. The number of nitrogens with one attached hydrogen (secondary N) is 2. The second-order valence-electron chi connectivity index (χ2n) is 2.97. The van der Waals surface area contributed by atoms with E-state index in [1.807, 2.05) is 0 Å². The first-order valence-electron chi connectivity index (χ1n) is 3.97. The SMILES string of the molecule is C=CC(=O)NS(=O)(=O)NCC1CC1. The van der Waals surface area contributed by atoms with Crippen LogP contribution in [0.3, 0.4) is 0 Å².